The van der Waals surface area contributed by atoms with E-state index < -0.39 is 0 Å². The Morgan fingerprint density at radius 1 is 1.45 bits per heavy atom. The minimum Gasteiger partial charge on any atom is -0.372 e. The van der Waals surface area contributed by atoms with Crippen molar-refractivity contribution in [3.8, 4) is 0 Å². The Morgan fingerprint density at radius 2 is 2.20 bits per heavy atom. The first-order chi connectivity index (χ1) is 9.60. The molecular formula is C13H17ClN4O2. The molecule has 1 fully saturated rings. The van der Waals surface area contributed by atoms with Crippen LogP contribution in [0, 0.1) is 0 Å². The molecule has 0 aliphatic heterocycles. The van der Waals surface area contributed by atoms with E-state index in [4.69, 9.17) is 11.6 Å². The van der Waals surface area contributed by atoms with Crippen LogP contribution in [0.5, 0.6) is 0 Å². The molecule has 0 atom stereocenters. The van der Waals surface area contributed by atoms with Crippen LogP contribution in [0.3, 0.4) is 0 Å². The molecule has 1 saturated carbocycles. The molecule has 1 aliphatic rings. The van der Waals surface area contributed by atoms with Gasteiger partial charge in [-0.05, 0) is 18.9 Å². The Balaban J connectivity index is 1.78. The lowest BCUT2D eigenvalue weighted by molar-refractivity contribution is -0.121. The van der Waals surface area contributed by atoms with E-state index in [0.29, 0.717) is 29.0 Å². The van der Waals surface area contributed by atoms with Crippen LogP contribution in [0.2, 0.25) is 5.02 Å². The van der Waals surface area contributed by atoms with Crippen LogP contribution >= 0.6 is 11.6 Å². The van der Waals surface area contributed by atoms with Gasteiger partial charge in [-0.2, -0.15) is 0 Å². The van der Waals surface area contributed by atoms with Gasteiger partial charge in [0.25, 0.3) is 5.91 Å². The molecule has 0 unspecified atom stereocenters. The van der Waals surface area contributed by atoms with Gasteiger partial charge in [-0.3, -0.25) is 9.59 Å². The maximum atomic E-state index is 11.9. The highest BCUT2D eigenvalue weighted by Gasteiger charge is 2.22. The Kier molecular flexibility index (Phi) is 4.79. The van der Waals surface area contributed by atoms with Gasteiger partial charge in [0.1, 0.15) is 5.82 Å². The third kappa shape index (κ3) is 4.09. The maximum Gasteiger partial charge on any atom is 0.252 e. The number of carbonyl (C=O) groups excluding carboxylic acids is 2. The molecule has 20 heavy (non-hydrogen) atoms. The highest BCUT2D eigenvalue weighted by molar-refractivity contribution is 6.33. The number of aromatic nitrogens is 1. The van der Waals surface area contributed by atoms with Crippen molar-refractivity contribution in [2.75, 3.05) is 18.9 Å². The van der Waals surface area contributed by atoms with E-state index in [9.17, 15) is 9.59 Å². The van der Waals surface area contributed by atoms with Crippen LogP contribution in [0.4, 0.5) is 5.82 Å². The van der Waals surface area contributed by atoms with Crippen LogP contribution in [-0.4, -0.2) is 36.4 Å². The number of hydrogen-bond donors (Lipinski definition) is 3. The molecule has 0 bridgehead atoms. The van der Waals surface area contributed by atoms with E-state index in [-0.39, 0.29) is 18.2 Å². The summed E-state index contributed by atoms with van der Waals surface area (Å²) in [4.78, 5) is 27.3. The van der Waals surface area contributed by atoms with E-state index in [0.717, 1.165) is 12.8 Å². The van der Waals surface area contributed by atoms with Gasteiger partial charge in [-0.25, -0.2) is 4.98 Å². The van der Waals surface area contributed by atoms with E-state index in [1.54, 1.807) is 13.1 Å². The summed E-state index contributed by atoms with van der Waals surface area (Å²) in [7, 11) is 1.70. The molecule has 2 rings (SSSR count). The fourth-order valence-corrected chi connectivity index (χ4v) is 1.93. The van der Waals surface area contributed by atoms with Crippen molar-refractivity contribution in [1.29, 1.82) is 0 Å². The summed E-state index contributed by atoms with van der Waals surface area (Å²) >= 11 is 5.95. The molecule has 0 radical (unpaired) electrons. The standard InChI is InChI=1S/C13H17ClN4O2/c1-15-12-10(14)6-8(7-17-12)13(20)16-5-4-11(19)18-9-2-3-9/h6-7,9H,2-5H2,1H3,(H,15,17)(H,16,20)(H,18,19). The van der Waals surface area contributed by atoms with Gasteiger partial charge in [0.2, 0.25) is 5.91 Å². The zero-order valence-corrected chi connectivity index (χ0v) is 12.0. The van der Waals surface area contributed by atoms with Gasteiger partial charge in [0.05, 0.1) is 10.6 Å². The molecular weight excluding hydrogens is 280 g/mol. The molecule has 0 spiro atoms. The average molecular weight is 297 g/mol. The Labute approximate surface area is 122 Å². The van der Waals surface area contributed by atoms with Gasteiger partial charge < -0.3 is 16.0 Å². The first kappa shape index (κ1) is 14.6. The molecule has 7 heteroatoms. The van der Waals surface area contributed by atoms with Crippen LogP contribution in [0.15, 0.2) is 12.3 Å². The molecule has 108 valence electrons. The van der Waals surface area contributed by atoms with Crippen molar-refractivity contribution in [2.24, 2.45) is 0 Å². The molecule has 0 aromatic carbocycles. The number of nitrogens with one attached hydrogen (secondary N) is 3. The van der Waals surface area contributed by atoms with Crippen LogP contribution in [0.25, 0.3) is 0 Å². The van der Waals surface area contributed by atoms with Gasteiger partial charge in [0, 0.05) is 32.3 Å². The van der Waals surface area contributed by atoms with Gasteiger partial charge in [-0.1, -0.05) is 11.6 Å². The predicted octanol–water partition coefficient (Wildman–Crippen LogP) is 1.18. The first-order valence-electron chi connectivity index (χ1n) is 6.51. The number of halogens is 1. The quantitative estimate of drug-likeness (QED) is 0.736. The van der Waals surface area contributed by atoms with Gasteiger partial charge in [0.15, 0.2) is 0 Å². The number of amides is 2. The molecule has 1 aromatic rings. The molecule has 3 N–H and O–H groups in total. The second-order valence-corrected chi connectivity index (χ2v) is 5.06. The first-order valence-corrected chi connectivity index (χ1v) is 6.89. The summed E-state index contributed by atoms with van der Waals surface area (Å²) < 4.78 is 0. The topological polar surface area (TPSA) is 83.1 Å². The normalized spacial score (nSPS) is 13.7. The Hall–Kier alpha value is -1.82. The number of hydrogen-bond acceptors (Lipinski definition) is 4. The van der Waals surface area contributed by atoms with Crippen LogP contribution in [-0.2, 0) is 4.79 Å². The van der Waals surface area contributed by atoms with E-state index in [1.807, 2.05) is 0 Å². The number of anilines is 1. The van der Waals surface area contributed by atoms with Crippen molar-refractivity contribution >= 4 is 29.2 Å². The van der Waals surface area contributed by atoms with Gasteiger partial charge in [-0.15, -0.1) is 0 Å². The second kappa shape index (κ2) is 6.56. The fraction of sp³-hybridized carbons (Fsp3) is 0.462. The lowest BCUT2D eigenvalue weighted by Crippen LogP contribution is -2.31. The van der Waals surface area contributed by atoms with E-state index in [1.165, 1.54) is 6.20 Å². The Bertz CT molecular complexity index is 517. The third-order valence-corrected chi connectivity index (χ3v) is 3.21. The Morgan fingerprint density at radius 3 is 2.80 bits per heavy atom. The minimum atomic E-state index is -0.290. The van der Waals surface area contributed by atoms with Crippen molar-refractivity contribution in [3.05, 3.63) is 22.8 Å². The highest BCUT2D eigenvalue weighted by Crippen LogP contribution is 2.19. The van der Waals surface area contributed by atoms with Crippen LogP contribution in [0.1, 0.15) is 29.6 Å². The average Bonchev–Trinajstić information content (AvgIpc) is 3.22. The molecule has 1 heterocycles. The van der Waals surface area contributed by atoms with E-state index >= 15 is 0 Å². The molecule has 2 amide bonds. The summed E-state index contributed by atoms with van der Waals surface area (Å²) in [6.07, 6.45) is 3.83. The summed E-state index contributed by atoms with van der Waals surface area (Å²) in [5, 5.41) is 8.73. The van der Waals surface area contributed by atoms with Crippen LogP contribution < -0.4 is 16.0 Å². The predicted molar refractivity (Wildman–Crippen MR) is 76.9 cm³/mol. The monoisotopic (exact) mass is 296 g/mol. The van der Waals surface area contributed by atoms with Crippen molar-refractivity contribution in [3.63, 3.8) is 0 Å². The molecule has 1 aliphatic carbocycles. The van der Waals surface area contributed by atoms with Crippen molar-refractivity contribution in [2.45, 2.75) is 25.3 Å². The molecule has 0 saturated heterocycles. The summed E-state index contributed by atoms with van der Waals surface area (Å²) in [5.41, 5.74) is 0.372. The fourth-order valence-electron chi connectivity index (χ4n) is 1.67. The maximum absolute atomic E-state index is 11.9. The zero-order valence-electron chi connectivity index (χ0n) is 11.2. The number of pyridine rings is 1. The van der Waals surface area contributed by atoms with Gasteiger partial charge >= 0.3 is 0 Å². The zero-order chi connectivity index (χ0) is 14.5. The smallest absolute Gasteiger partial charge is 0.252 e. The SMILES string of the molecule is CNc1ncc(C(=O)NCCC(=O)NC2CC2)cc1Cl. The highest BCUT2D eigenvalue weighted by atomic mass is 35.5. The minimum absolute atomic E-state index is 0.0329. The second-order valence-electron chi connectivity index (χ2n) is 4.65. The summed E-state index contributed by atoms with van der Waals surface area (Å²) in [6.45, 7) is 0.294. The lowest BCUT2D eigenvalue weighted by Gasteiger charge is -2.07. The summed E-state index contributed by atoms with van der Waals surface area (Å²) in [6, 6.07) is 1.88. The third-order valence-electron chi connectivity index (χ3n) is 2.92. The number of nitrogens with zero attached hydrogens (tertiary/aromatic N) is 1. The summed E-state index contributed by atoms with van der Waals surface area (Å²) in [5.74, 6) is 0.197. The number of rotatable bonds is 6. The number of carbonyl (C=O) groups is 2. The largest absolute Gasteiger partial charge is 0.372 e. The molecule has 6 nitrogen and oxygen atoms in total. The van der Waals surface area contributed by atoms with E-state index in [2.05, 4.69) is 20.9 Å². The molecule has 1 aromatic heterocycles. The van der Waals surface area contributed by atoms with Crippen molar-refractivity contribution < 1.29 is 9.59 Å². The van der Waals surface area contributed by atoms with Crippen molar-refractivity contribution in [1.82, 2.24) is 15.6 Å². The lowest BCUT2D eigenvalue weighted by atomic mass is 10.2.